The van der Waals surface area contributed by atoms with Gasteiger partial charge in [-0.3, -0.25) is 4.79 Å². The number of carbonyl (C=O) groups is 1. The lowest BCUT2D eigenvalue weighted by molar-refractivity contribution is -0.146. The van der Waals surface area contributed by atoms with E-state index >= 15 is 0 Å². The molecular weight excluding hydrogens is 384 g/mol. The van der Waals surface area contributed by atoms with Crippen LogP contribution < -0.4 is 18.9 Å². The molecule has 0 N–H and O–H groups in total. The average Bonchev–Trinajstić information content (AvgIpc) is 2.71. The Morgan fingerprint density at radius 3 is 2.40 bits per heavy atom. The number of esters is 1. The predicted octanol–water partition coefficient (Wildman–Crippen LogP) is 4.74. The fraction of sp³-hybridized carbons (Fsp3) is 0.375. The summed E-state index contributed by atoms with van der Waals surface area (Å²) < 4.78 is 28.2. The van der Waals surface area contributed by atoms with E-state index in [1.54, 1.807) is 21.3 Å². The Labute approximate surface area is 177 Å². The van der Waals surface area contributed by atoms with Crippen molar-refractivity contribution >= 4 is 12.0 Å². The Balaban J connectivity index is 2.01. The summed E-state index contributed by atoms with van der Waals surface area (Å²) in [5, 5.41) is 0. The number of carbonyl (C=O) groups excluding carboxylic acids is 1. The number of hydrogen-bond donors (Lipinski definition) is 0. The molecule has 2 aromatic carbocycles. The van der Waals surface area contributed by atoms with E-state index in [-0.39, 0.29) is 5.97 Å². The van der Waals surface area contributed by atoms with Crippen molar-refractivity contribution < 1.29 is 28.5 Å². The van der Waals surface area contributed by atoms with Crippen LogP contribution in [-0.4, -0.2) is 32.9 Å². The van der Waals surface area contributed by atoms with E-state index in [1.807, 2.05) is 56.3 Å². The minimum absolute atomic E-state index is 0.367. The summed E-state index contributed by atoms with van der Waals surface area (Å²) in [5.41, 5.74) is 2.15. The quantitative estimate of drug-likeness (QED) is 0.612. The average molecular weight is 412 g/mol. The maximum absolute atomic E-state index is 11.9. The van der Waals surface area contributed by atoms with Gasteiger partial charge in [-0.05, 0) is 55.8 Å². The maximum atomic E-state index is 11.9. The molecule has 0 spiro atoms. The highest BCUT2D eigenvalue weighted by Crippen LogP contribution is 2.42. The number of ether oxygens (including phenoxy) is 5. The molecule has 160 valence electrons. The molecule has 1 aliphatic heterocycles. The smallest absolute Gasteiger partial charge is 0.303 e. The summed E-state index contributed by atoms with van der Waals surface area (Å²) in [6, 6.07) is 9.42. The van der Waals surface area contributed by atoms with Gasteiger partial charge in [0.25, 0.3) is 0 Å². The first-order valence-electron chi connectivity index (χ1n) is 9.75. The molecule has 0 radical (unpaired) electrons. The molecule has 1 aliphatic rings. The fourth-order valence-electron chi connectivity index (χ4n) is 3.57. The lowest BCUT2D eigenvalue weighted by Crippen LogP contribution is -2.27. The lowest BCUT2D eigenvalue weighted by Gasteiger charge is -2.30. The van der Waals surface area contributed by atoms with Crippen LogP contribution in [0.4, 0.5) is 0 Å². The van der Waals surface area contributed by atoms with E-state index in [0.29, 0.717) is 23.7 Å². The Bertz CT molecular complexity index is 960. The van der Waals surface area contributed by atoms with Crippen molar-refractivity contribution in [2.24, 2.45) is 0 Å². The van der Waals surface area contributed by atoms with Crippen molar-refractivity contribution in [2.45, 2.75) is 38.9 Å². The normalized spacial score (nSPS) is 14.9. The molecule has 0 saturated carbocycles. The van der Waals surface area contributed by atoms with Gasteiger partial charge in [0.1, 0.15) is 23.2 Å². The standard InChI is InChI=1S/C24H28O6/c1-15(25)29-21(13-16-7-9-20(26-4)22(14-16)27-5)17-8-10-19-18(23(17)28-6)11-12-24(2,3)30-19/h7-12,14,21H,13H2,1-6H3. The minimum atomic E-state index is -0.538. The Kier molecular flexibility index (Phi) is 6.25. The summed E-state index contributed by atoms with van der Waals surface area (Å²) in [4.78, 5) is 11.9. The van der Waals surface area contributed by atoms with Gasteiger partial charge >= 0.3 is 5.97 Å². The third kappa shape index (κ3) is 4.53. The zero-order valence-electron chi connectivity index (χ0n) is 18.3. The molecule has 3 rings (SSSR count). The molecule has 1 atom stereocenters. The number of benzene rings is 2. The highest BCUT2D eigenvalue weighted by Gasteiger charge is 2.28. The van der Waals surface area contributed by atoms with Crippen molar-refractivity contribution in [3.05, 3.63) is 53.1 Å². The van der Waals surface area contributed by atoms with Crippen LogP contribution >= 0.6 is 0 Å². The first-order valence-corrected chi connectivity index (χ1v) is 9.75. The molecule has 1 unspecified atom stereocenters. The summed E-state index contributed by atoms with van der Waals surface area (Å²) in [5.74, 6) is 2.25. The largest absolute Gasteiger partial charge is 0.496 e. The van der Waals surface area contributed by atoms with E-state index < -0.39 is 11.7 Å². The van der Waals surface area contributed by atoms with Gasteiger partial charge in [0, 0.05) is 18.9 Å². The van der Waals surface area contributed by atoms with Crippen molar-refractivity contribution in [1.29, 1.82) is 0 Å². The fourth-order valence-corrected chi connectivity index (χ4v) is 3.57. The molecule has 0 fully saturated rings. The van der Waals surface area contributed by atoms with Crippen LogP contribution in [0.2, 0.25) is 0 Å². The zero-order chi connectivity index (χ0) is 21.9. The van der Waals surface area contributed by atoms with E-state index in [2.05, 4.69) is 0 Å². The monoisotopic (exact) mass is 412 g/mol. The van der Waals surface area contributed by atoms with Gasteiger partial charge in [-0.2, -0.15) is 0 Å². The molecule has 0 bridgehead atoms. The zero-order valence-corrected chi connectivity index (χ0v) is 18.3. The molecule has 0 aliphatic carbocycles. The van der Waals surface area contributed by atoms with Crippen LogP contribution in [0, 0.1) is 0 Å². The first-order chi connectivity index (χ1) is 14.3. The lowest BCUT2D eigenvalue weighted by atomic mass is 9.95. The van der Waals surface area contributed by atoms with Crippen LogP contribution in [0.25, 0.3) is 6.08 Å². The summed E-state index contributed by atoms with van der Waals surface area (Å²) in [7, 11) is 4.79. The summed E-state index contributed by atoms with van der Waals surface area (Å²) in [6.07, 6.45) is 3.88. The summed E-state index contributed by atoms with van der Waals surface area (Å²) in [6.45, 7) is 5.38. The number of rotatable bonds is 7. The van der Waals surface area contributed by atoms with Crippen LogP contribution in [-0.2, 0) is 16.0 Å². The third-order valence-corrected chi connectivity index (χ3v) is 4.94. The highest BCUT2D eigenvalue weighted by atomic mass is 16.5. The number of fused-ring (bicyclic) bond motifs is 1. The Hall–Kier alpha value is -3.15. The van der Waals surface area contributed by atoms with E-state index in [4.69, 9.17) is 23.7 Å². The first kappa shape index (κ1) is 21.6. The van der Waals surface area contributed by atoms with Gasteiger partial charge in [-0.15, -0.1) is 0 Å². The summed E-state index contributed by atoms with van der Waals surface area (Å²) >= 11 is 0. The molecule has 0 saturated heterocycles. The van der Waals surface area contributed by atoms with E-state index in [9.17, 15) is 4.79 Å². The molecule has 0 amide bonds. The number of hydrogen-bond acceptors (Lipinski definition) is 6. The minimum Gasteiger partial charge on any atom is -0.496 e. The van der Waals surface area contributed by atoms with Crippen molar-refractivity contribution in [1.82, 2.24) is 0 Å². The van der Waals surface area contributed by atoms with E-state index in [1.165, 1.54) is 6.92 Å². The van der Waals surface area contributed by atoms with Crippen LogP contribution in [0.5, 0.6) is 23.0 Å². The predicted molar refractivity (Wildman–Crippen MR) is 114 cm³/mol. The van der Waals surface area contributed by atoms with Crippen LogP contribution in [0.3, 0.4) is 0 Å². The molecule has 2 aromatic rings. The third-order valence-electron chi connectivity index (χ3n) is 4.94. The Morgan fingerprint density at radius 2 is 1.77 bits per heavy atom. The second-order valence-corrected chi connectivity index (χ2v) is 7.63. The van der Waals surface area contributed by atoms with Gasteiger partial charge in [-0.1, -0.05) is 6.07 Å². The SMILES string of the molecule is COc1ccc(CC(OC(C)=O)c2ccc3c(c2OC)C=CC(C)(C)O3)cc1OC. The van der Waals surface area contributed by atoms with E-state index in [0.717, 1.165) is 22.4 Å². The molecular formula is C24H28O6. The van der Waals surface area contributed by atoms with Crippen LogP contribution in [0.1, 0.15) is 43.6 Å². The van der Waals surface area contributed by atoms with Crippen molar-refractivity contribution in [3.63, 3.8) is 0 Å². The van der Waals surface area contributed by atoms with Gasteiger partial charge in [-0.25, -0.2) is 0 Å². The van der Waals surface area contributed by atoms with Gasteiger partial charge in [0.2, 0.25) is 0 Å². The molecule has 1 heterocycles. The van der Waals surface area contributed by atoms with Crippen molar-refractivity contribution in [3.8, 4) is 23.0 Å². The molecule has 6 heteroatoms. The second-order valence-electron chi connectivity index (χ2n) is 7.63. The highest BCUT2D eigenvalue weighted by molar-refractivity contribution is 5.70. The molecule has 0 aromatic heterocycles. The van der Waals surface area contributed by atoms with Crippen molar-refractivity contribution in [2.75, 3.05) is 21.3 Å². The maximum Gasteiger partial charge on any atom is 0.303 e. The molecule has 6 nitrogen and oxygen atoms in total. The van der Waals surface area contributed by atoms with Gasteiger partial charge in [0.05, 0.1) is 26.9 Å². The topological polar surface area (TPSA) is 63.2 Å². The molecule has 30 heavy (non-hydrogen) atoms. The second kappa shape index (κ2) is 8.69. The van der Waals surface area contributed by atoms with Gasteiger partial charge < -0.3 is 23.7 Å². The van der Waals surface area contributed by atoms with Gasteiger partial charge in [0.15, 0.2) is 11.5 Å². The number of methoxy groups -OCH3 is 3. The Morgan fingerprint density at radius 1 is 1.03 bits per heavy atom. The van der Waals surface area contributed by atoms with Crippen LogP contribution in [0.15, 0.2) is 36.4 Å².